The van der Waals surface area contributed by atoms with Gasteiger partial charge in [-0.1, -0.05) is 36.4 Å². The molecule has 0 saturated heterocycles. The van der Waals surface area contributed by atoms with Gasteiger partial charge < -0.3 is 10.0 Å². The van der Waals surface area contributed by atoms with E-state index in [2.05, 4.69) is 17.0 Å². The summed E-state index contributed by atoms with van der Waals surface area (Å²) in [6.45, 7) is 1.59. The number of carboxylic acid groups (broad SMARTS) is 1. The fourth-order valence-electron chi connectivity index (χ4n) is 1.39. The Morgan fingerprint density at radius 3 is 2.69 bits per heavy atom. The molecule has 0 aromatic heterocycles. The summed E-state index contributed by atoms with van der Waals surface area (Å²) < 4.78 is 0. The zero-order valence-electron chi connectivity index (χ0n) is 9.47. The van der Waals surface area contributed by atoms with Crippen molar-refractivity contribution in [3.05, 3.63) is 48.0 Å². The fraction of sp³-hybridized carbons (Fsp3) is 0.308. The van der Waals surface area contributed by atoms with E-state index >= 15 is 0 Å². The number of nitrogens with zero attached hydrogens (tertiary/aromatic N) is 1. The average molecular weight is 219 g/mol. The first-order valence-corrected chi connectivity index (χ1v) is 5.30. The van der Waals surface area contributed by atoms with E-state index in [0.717, 1.165) is 13.0 Å². The molecule has 16 heavy (non-hydrogen) atoms. The van der Waals surface area contributed by atoms with Crippen LogP contribution in [-0.4, -0.2) is 36.1 Å². The Bertz CT molecular complexity index is 346. The predicted octanol–water partition coefficient (Wildman–Crippen LogP) is 1.80. The van der Waals surface area contributed by atoms with Crippen molar-refractivity contribution >= 4 is 5.97 Å². The minimum Gasteiger partial charge on any atom is -0.478 e. The quantitative estimate of drug-likeness (QED) is 0.742. The summed E-state index contributed by atoms with van der Waals surface area (Å²) in [7, 11) is 1.98. The normalized spacial score (nSPS) is 11.1. The van der Waals surface area contributed by atoms with Crippen LogP contribution < -0.4 is 0 Å². The van der Waals surface area contributed by atoms with Crippen molar-refractivity contribution < 1.29 is 9.90 Å². The molecule has 1 rings (SSSR count). The standard InChI is InChI=1S/C13H17NO2/c1-14(10-5-8-13(15)16)11-9-12-6-3-2-4-7-12/h2-8H,9-11H2,1H3,(H,15,16). The van der Waals surface area contributed by atoms with Gasteiger partial charge in [-0.05, 0) is 19.0 Å². The number of benzene rings is 1. The van der Waals surface area contributed by atoms with Crippen LogP contribution in [0.5, 0.6) is 0 Å². The van der Waals surface area contributed by atoms with Crippen molar-refractivity contribution in [3.8, 4) is 0 Å². The van der Waals surface area contributed by atoms with E-state index in [1.165, 1.54) is 11.6 Å². The Morgan fingerprint density at radius 1 is 1.38 bits per heavy atom. The molecular weight excluding hydrogens is 202 g/mol. The molecule has 1 aromatic rings. The maximum absolute atomic E-state index is 10.3. The molecule has 1 aromatic carbocycles. The molecule has 0 fully saturated rings. The molecule has 1 N–H and O–H groups in total. The molecular formula is C13H17NO2. The summed E-state index contributed by atoms with van der Waals surface area (Å²) >= 11 is 0. The van der Waals surface area contributed by atoms with Gasteiger partial charge in [0.25, 0.3) is 0 Å². The molecule has 0 unspecified atom stereocenters. The van der Waals surface area contributed by atoms with E-state index in [1.54, 1.807) is 6.08 Å². The SMILES string of the molecule is CN(CC=CC(=O)O)CCc1ccccc1. The van der Waals surface area contributed by atoms with Gasteiger partial charge in [0.2, 0.25) is 0 Å². The van der Waals surface area contributed by atoms with Gasteiger partial charge >= 0.3 is 5.97 Å². The van der Waals surface area contributed by atoms with E-state index in [0.29, 0.717) is 6.54 Å². The molecule has 0 atom stereocenters. The molecule has 0 aliphatic rings. The van der Waals surface area contributed by atoms with Crippen molar-refractivity contribution in [2.75, 3.05) is 20.1 Å². The zero-order valence-corrected chi connectivity index (χ0v) is 9.47. The monoisotopic (exact) mass is 219 g/mol. The second kappa shape index (κ2) is 6.80. The molecule has 3 heteroatoms. The van der Waals surface area contributed by atoms with E-state index in [9.17, 15) is 4.79 Å². The second-order valence-electron chi connectivity index (χ2n) is 3.74. The summed E-state index contributed by atoms with van der Waals surface area (Å²) in [6.07, 6.45) is 3.82. The van der Waals surface area contributed by atoms with Crippen LogP contribution in [0.3, 0.4) is 0 Å². The highest BCUT2D eigenvalue weighted by molar-refractivity contribution is 5.79. The first-order chi connectivity index (χ1) is 7.68. The number of likely N-dealkylation sites (N-methyl/N-ethyl adjacent to an activating group) is 1. The predicted molar refractivity (Wildman–Crippen MR) is 64.4 cm³/mol. The van der Waals surface area contributed by atoms with Crippen molar-refractivity contribution in [1.82, 2.24) is 4.90 Å². The number of aliphatic carboxylic acids is 1. The zero-order chi connectivity index (χ0) is 11.8. The number of hydrogen-bond donors (Lipinski definition) is 1. The molecule has 3 nitrogen and oxygen atoms in total. The molecule has 0 heterocycles. The first kappa shape index (κ1) is 12.5. The number of hydrogen-bond acceptors (Lipinski definition) is 2. The van der Waals surface area contributed by atoms with Crippen LogP contribution in [0, 0.1) is 0 Å². The number of carbonyl (C=O) groups is 1. The summed E-state index contributed by atoms with van der Waals surface area (Å²) in [5.41, 5.74) is 1.30. The van der Waals surface area contributed by atoms with Crippen molar-refractivity contribution in [3.63, 3.8) is 0 Å². The van der Waals surface area contributed by atoms with Crippen LogP contribution in [0.25, 0.3) is 0 Å². The minimum atomic E-state index is -0.892. The highest BCUT2D eigenvalue weighted by Gasteiger charge is 1.97. The van der Waals surface area contributed by atoms with Crippen molar-refractivity contribution in [2.45, 2.75) is 6.42 Å². The Balaban J connectivity index is 2.25. The van der Waals surface area contributed by atoms with Crippen LogP contribution >= 0.6 is 0 Å². The van der Waals surface area contributed by atoms with Gasteiger partial charge in [-0.25, -0.2) is 4.79 Å². The molecule has 0 saturated carbocycles. The Hall–Kier alpha value is -1.61. The molecule has 0 radical (unpaired) electrons. The maximum atomic E-state index is 10.3. The highest BCUT2D eigenvalue weighted by atomic mass is 16.4. The molecule has 0 bridgehead atoms. The molecule has 0 aliphatic carbocycles. The van der Waals surface area contributed by atoms with Crippen LogP contribution in [0.15, 0.2) is 42.5 Å². The summed E-state index contributed by atoms with van der Waals surface area (Å²) in [4.78, 5) is 12.3. The first-order valence-electron chi connectivity index (χ1n) is 5.30. The van der Waals surface area contributed by atoms with Crippen LogP contribution in [0.4, 0.5) is 0 Å². The van der Waals surface area contributed by atoms with Crippen molar-refractivity contribution in [2.24, 2.45) is 0 Å². The Labute approximate surface area is 96.0 Å². The average Bonchev–Trinajstić information content (AvgIpc) is 2.27. The third kappa shape index (κ3) is 5.32. The van der Waals surface area contributed by atoms with Crippen molar-refractivity contribution in [1.29, 1.82) is 0 Å². The number of carboxylic acids is 1. The maximum Gasteiger partial charge on any atom is 0.328 e. The van der Waals surface area contributed by atoms with Gasteiger partial charge in [-0.2, -0.15) is 0 Å². The van der Waals surface area contributed by atoms with E-state index in [4.69, 9.17) is 5.11 Å². The van der Waals surface area contributed by atoms with Gasteiger partial charge in [0.05, 0.1) is 0 Å². The van der Waals surface area contributed by atoms with E-state index in [1.807, 2.05) is 25.2 Å². The smallest absolute Gasteiger partial charge is 0.328 e. The summed E-state index contributed by atoms with van der Waals surface area (Å²) in [5, 5.41) is 8.43. The summed E-state index contributed by atoms with van der Waals surface area (Å²) in [6, 6.07) is 10.3. The molecule has 86 valence electrons. The van der Waals surface area contributed by atoms with Crippen LogP contribution in [-0.2, 0) is 11.2 Å². The lowest BCUT2D eigenvalue weighted by Crippen LogP contribution is -2.21. The van der Waals surface area contributed by atoms with Gasteiger partial charge in [-0.3, -0.25) is 0 Å². The van der Waals surface area contributed by atoms with E-state index in [-0.39, 0.29) is 0 Å². The summed E-state index contributed by atoms with van der Waals surface area (Å²) in [5.74, 6) is -0.892. The van der Waals surface area contributed by atoms with E-state index < -0.39 is 5.97 Å². The highest BCUT2D eigenvalue weighted by Crippen LogP contribution is 2.00. The van der Waals surface area contributed by atoms with Gasteiger partial charge in [-0.15, -0.1) is 0 Å². The second-order valence-corrected chi connectivity index (χ2v) is 3.74. The van der Waals surface area contributed by atoms with Gasteiger partial charge in [0.15, 0.2) is 0 Å². The van der Waals surface area contributed by atoms with Gasteiger partial charge in [0, 0.05) is 19.2 Å². The lowest BCUT2D eigenvalue weighted by molar-refractivity contribution is -0.131. The Kier molecular flexibility index (Phi) is 5.29. The van der Waals surface area contributed by atoms with Crippen LogP contribution in [0.2, 0.25) is 0 Å². The molecule has 0 amide bonds. The third-order valence-corrected chi connectivity index (χ3v) is 2.30. The molecule has 0 aliphatic heterocycles. The minimum absolute atomic E-state index is 0.666. The Morgan fingerprint density at radius 2 is 2.06 bits per heavy atom. The number of rotatable bonds is 6. The molecule has 0 spiro atoms. The lowest BCUT2D eigenvalue weighted by atomic mass is 10.1. The fourth-order valence-corrected chi connectivity index (χ4v) is 1.39. The third-order valence-electron chi connectivity index (χ3n) is 2.30. The lowest BCUT2D eigenvalue weighted by Gasteiger charge is -2.13. The van der Waals surface area contributed by atoms with Crippen LogP contribution in [0.1, 0.15) is 5.56 Å². The van der Waals surface area contributed by atoms with Gasteiger partial charge in [0.1, 0.15) is 0 Å². The topological polar surface area (TPSA) is 40.5 Å². The largest absolute Gasteiger partial charge is 0.478 e.